The summed E-state index contributed by atoms with van der Waals surface area (Å²) in [6, 6.07) is 6.59. The summed E-state index contributed by atoms with van der Waals surface area (Å²) in [5.41, 5.74) is 1.40. The molecule has 1 unspecified atom stereocenters. The van der Waals surface area contributed by atoms with Crippen molar-refractivity contribution < 1.29 is 14.7 Å². The minimum absolute atomic E-state index is 0.0210. The molecule has 0 spiro atoms. The summed E-state index contributed by atoms with van der Waals surface area (Å²) >= 11 is 0. The number of hydrogen-bond acceptors (Lipinski definition) is 2. The smallest absolute Gasteiger partial charge is 0.335 e. The third-order valence-electron chi connectivity index (χ3n) is 6.21. The topological polar surface area (TPSA) is 69.6 Å². The van der Waals surface area contributed by atoms with Gasteiger partial charge in [-0.1, -0.05) is 31.2 Å². The van der Waals surface area contributed by atoms with E-state index in [2.05, 4.69) is 24.4 Å². The Morgan fingerprint density at radius 1 is 1.29 bits per heavy atom. The highest BCUT2D eigenvalue weighted by Gasteiger charge is 2.58. The summed E-state index contributed by atoms with van der Waals surface area (Å²) in [5.74, 6) is 0.911. The van der Waals surface area contributed by atoms with Gasteiger partial charge in [0.25, 0.3) is 0 Å². The van der Waals surface area contributed by atoms with Crippen molar-refractivity contribution >= 4 is 12.0 Å². The lowest BCUT2D eigenvalue weighted by Crippen LogP contribution is -2.40. The first kappa shape index (κ1) is 15.2. The number of allylic oxidation sites excluding steroid dienone is 2. The molecular formula is C19H22N2O3. The number of amides is 2. The van der Waals surface area contributed by atoms with E-state index in [1.165, 1.54) is 6.42 Å². The van der Waals surface area contributed by atoms with Gasteiger partial charge in [0.15, 0.2) is 0 Å². The molecule has 3 aliphatic rings. The number of carboxylic acid groups (broad SMARTS) is 1. The number of nitrogens with zero attached hydrogens (tertiary/aromatic N) is 1. The highest BCUT2D eigenvalue weighted by Crippen LogP contribution is 2.59. The Balaban J connectivity index is 1.35. The zero-order valence-electron chi connectivity index (χ0n) is 13.7. The fourth-order valence-electron chi connectivity index (χ4n) is 4.78. The van der Waals surface area contributed by atoms with E-state index in [1.54, 1.807) is 24.3 Å². The van der Waals surface area contributed by atoms with Gasteiger partial charge in [0.1, 0.15) is 0 Å². The van der Waals surface area contributed by atoms with Crippen LogP contribution in [0.5, 0.6) is 0 Å². The van der Waals surface area contributed by atoms with E-state index in [0.29, 0.717) is 24.3 Å². The van der Waals surface area contributed by atoms with Gasteiger partial charge in [-0.25, -0.2) is 9.59 Å². The van der Waals surface area contributed by atoms with Crippen molar-refractivity contribution in [3.63, 3.8) is 0 Å². The van der Waals surface area contributed by atoms with Crippen LogP contribution in [0.1, 0.15) is 29.3 Å². The number of carbonyl (C=O) groups excluding carboxylic acids is 1. The number of benzene rings is 1. The van der Waals surface area contributed by atoms with Crippen LogP contribution in [0.2, 0.25) is 0 Å². The van der Waals surface area contributed by atoms with Crippen LogP contribution >= 0.6 is 0 Å². The average molecular weight is 326 g/mol. The molecule has 5 heteroatoms. The van der Waals surface area contributed by atoms with Crippen molar-refractivity contribution in [2.45, 2.75) is 19.9 Å². The minimum atomic E-state index is -0.939. The van der Waals surface area contributed by atoms with Crippen molar-refractivity contribution in [1.29, 1.82) is 0 Å². The normalized spacial score (nSPS) is 32.9. The van der Waals surface area contributed by atoms with Crippen molar-refractivity contribution in [1.82, 2.24) is 10.2 Å². The lowest BCUT2D eigenvalue weighted by molar-refractivity contribution is 0.0697. The molecule has 2 fully saturated rings. The maximum Gasteiger partial charge on any atom is 0.335 e. The van der Waals surface area contributed by atoms with E-state index in [4.69, 9.17) is 5.11 Å². The molecule has 2 amide bonds. The quantitative estimate of drug-likeness (QED) is 0.839. The van der Waals surface area contributed by atoms with Crippen LogP contribution in [0.15, 0.2) is 36.4 Å². The predicted octanol–water partition coefficient (Wildman–Crippen LogP) is 2.74. The van der Waals surface area contributed by atoms with E-state index >= 15 is 0 Å². The van der Waals surface area contributed by atoms with Crippen molar-refractivity contribution in [3.05, 3.63) is 47.5 Å². The number of aromatic carboxylic acids is 1. The molecule has 1 heterocycles. The number of carbonyl (C=O) groups is 2. The van der Waals surface area contributed by atoms with E-state index in [0.717, 1.165) is 18.7 Å². The summed E-state index contributed by atoms with van der Waals surface area (Å²) in [6.45, 7) is 4.41. The number of hydrogen-bond donors (Lipinski definition) is 2. The van der Waals surface area contributed by atoms with Crippen molar-refractivity contribution in [3.8, 4) is 0 Å². The Morgan fingerprint density at radius 2 is 2.04 bits per heavy atom. The molecule has 0 aromatic heterocycles. The first-order chi connectivity index (χ1) is 11.5. The Morgan fingerprint density at radius 3 is 2.71 bits per heavy atom. The van der Waals surface area contributed by atoms with E-state index in [1.807, 2.05) is 4.90 Å². The van der Waals surface area contributed by atoms with Crippen LogP contribution in [0.3, 0.4) is 0 Å². The SMILES string of the molecule is C[C@@]12CN(C(=O)NCc3ccc(C(=O)O)cc3)CC1[C@@H]1C=C[C@H]2C1. The molecule has 0 radical (unpaired) electrons. The first-order valence-electron chi connectivity index (χ1n) is 8.51. The summed E-state index contributed by atoms with van der Waals surface area (Å²) in [6.07, 6.45) is 5.93. The second-order valence-corrected chi connectivity index (χ2v) is 7.54. The Bertz CT molecular complexity index is 712. The van der Waals surface area contributed by atoms with Crippen LogP contribution in [0.4, 0.5) is 4.79 Å². The second kappa shape index (κ2) is 5.36. The van der Waals surface area contributed by atoms with Gasteiger partial charge in [0.05, 0.1) is 5.56 Å². The van der Waals surface area contributed by atoms with Crippen LogP contribution in [0.25, 0.3) is 0 Å². The molecule has 2 aliphatic carbocycles. The number of fused-ring (bicyclic) bond motifs is 5. The van der Waals surface area contributed by atoms with Crippen LogP contribution in [-0.4, -0.2) is 35.1 Å². The number of carboxylic acids is 1. The Labute approximate surface area is 141 Å². The molecule has 1 aromatic carbocycles. The molecule has 24 heavy (non-hydrogen) atoms. The standard InChI is InChI=1S/C19H22N2O3/c1-19-11-21(10-16(19)14-6-7-15(19)8-14)18(24)20-9-12-2-4-13(5-3-12)17(22)23/h2-7,14-16H,8-11H2,1H3,(H,20,24)(H,22,23)/t14-,15+,16?,19+/m1/s1. The first-order valence-corrected chi connectivity index (χ1v) is 8.51. The fourth-order valence-corrected chi connectivity index (χ4v) is 4.78. The van der Waals surface area contributed by atoms with Gasteiger partial charge < -0.3 is 15.3 Å². The molecule has 2 N–H and O–H groups in total. The molecule has 5 nitrogen and oxygen atoms in total. The summed E-state index contributed by atoms with van der Waals surface area (Å²) < 4.78 is 0. The lowest BCUT2D eigenvalue weighted by Gasteiger charge is -2.31. The molecule has 126 valence electrons. The molecule has 2 bridgehead atoms. The third-order valence-corrected chi connectivity index (χ3v) is 6.21. The lowest BCUT2D eigenvalue weighted by atomic mass is 9.72. The summed E-state index contributed by atoms with van der Waals surface area (Å²) in [4.78, 5) is 25.3. The average Bonchev–Trinajstić information content (AvgIpc) is 3.23. The zero-order valence-corrected chi connectivity index (χ0v) is 13.7. The van der Waals surface area contributed by atoms with E-state index in [-0.39, 0.29) is 17.0 Å². The monoisotopic (exact) mass is 326 g/mol. The highest BCUT2D eigenvalue weighted by atomic mass is 16.4. The highest BCUT2D eigenvalue weighted by molar-refractivity contribution is 5.87. The molecule has 4 rings (SSSR count). The van der Waals surface area contributed by atoms with Crippen molar-refractivity contribution in [2.75, 3.05) is 13.1 Å². The minimum Gasteiger partial charge on any atom is -0.478 e. The van der Waals surface area contributed by atoms with E-state index < -0.39 is 5.97 Å². The Kier molecular flexibility index (Phi) is 3.41. The summed E-state index contributed by atoms with van der Waals surface area (Å²) in [5, 5.41) is 11.9. The number of urea groups is 1. The van der Waals surface area contributed by atoms with Gasteiger partial charge in [0, 0.05) is 19.6 Å². The van der Waals surface area contributed by atoms with Gasteiger partial charge in [-0.15, -0.1) is 0 Å². The number of likely N-dealkylation sites (tertiary alicyclic amines) is 1. The van der Waals surface area contributed by atoms with Crippen LogP contribution < -0.4 is 5.32 Å². The fraction of sp³-hybridized carbons (Fsp3) is 0.474. The van der Waals surface area contributed by atoms with Gasteiger partial charge >= 0.3 is 12.0 Å². The van der Waals surface area contributed by atoms with Crippen molar-refractivity contribution in [2.24, 2.45) is 23.2 Å². The summed E-state index contributed by atoms with van der Waals surface area (Å²) in [7, 11) is 0. The molecule has 1 aliphatic heterocycles. The molecule has 1 aromatic rings. The van der Waals surface area contributed by atoms with Crippen LogP contribution in [0, 0.1) is 23.2 Å². The molecular weight excluding hydrogens is 304 g/mol. The largest absolute Gasteiger partial charge is 0.478 e. The number of nitrogens with one attached hydrogen (secondary N) is 1. The van der Waals surface area contributed by atoms with Gasteiger partial charge in [-0.3, -0.25) is 0 Å². The number of rotatable bonds is 3. The maximum atomic E-state index is 12.5. The van der Waals surface area contributed by atoms with Crippen LogP contribution in [-0.2, 0) is 6.54 Å². The second-order valence-electron chi connectivity index (χ2n) is 7.54. The molecule has 4 atom stereocenters. The van der Waals surface area contributed by atoms with Gasteiger partial charge in [0.2, 0.25) is 0 Å². The molecule has 1 saturated heterocycles. The van der Waals surface area contributed by atoms with E-state index in [9.17, 15) is 9.59 Å². The Hall–Kier alpha value is -2.30. The van der Waals surface area contributed by atoms with Gasteiger partial charge in [-0.05, 0) is 47.3 Å². The zero-order chi connectivity index (χ0) is 16.9. The maximum absolute atomic E-state index is 12.5. The van der Waals surface area contributed by atoms with Gasteiger partial charge in [-0.2, -0.15) is 0 Å². The predicted molar refractivity (Wildman–Crippen MR) is 89.5 cm³/mol. The molecule has 1 saturated carbocycles. The third kappa shape index (κ3) is 2.30.